The molecule has 0 aromatic heterocycles. The molecular weight excluding hydrogens is 390 g/mol. The molecule has 1 aliphatic rings. The Balaban J connectivity index is 2.05. The van der Waals surface area contributed by atoms with Crippen molar-refractivity contribution >= 4 is 28.3 Å². The molecule has 160 valence electrons. The van der Waals surface area contributed by atoms with Gasteiger partial charge in [-0.2, -0.15) is 0 Å². The third-order valence-corrected chi connectivity index (χ3v) is 5.96. The number of imide groups is 1. The minimum absolute atomic E-state index is 0.155. The van der Waals surface area contributed by atoms with Gasteiger partial charge >= 0.3 is 0 Å². The van der Waals surface area contributed by atoms with Crippen LogP contribution in [0.2, 0.25) is 0 Å². The largest absolute Gasteiger partial charge is 0.496 e. The molecule has 0 N–H and O–H groups in total. The van der Waals surface area contributed by atoms with Gasteiger partial charge in [-0.3, -0.25) is 9.59 Å². The Morgan fingerprint density at radius 1 is 0.677 bits per heavy atom. The van der Waals surface area contributed by atoms with Gasteiger partial charge in [-0.1, -0.05) is 45.9 Å². The van der Waals surface area contributed by atoms with Crippen LogP contribution >= 0.6 is 0 Å². The van der Waals surface area contributed by atoms with Crippen LogP contribution in [0.3, 0.4) is 0 Å². The standard InChI is InChI=1S/C26H27NO4/c1-14(2)16-8-7-9-17(15(3)4)24(16)27-25(28)18-10-12-20(30-5)23-21(31-6)13-11-19(22(18)23)26(27)29/h7-15H,1-6H3. The highest BCUT2D eigenvalue weighted by atomic mass is 16.5. The van der Waals surface area contributed by atoms with Gasteiger partial charge in [0.25, 0.3) is 11.8 Å². The lowest BCUT2D eigenvalue weighted by Crippen LogP contribution is -2.41. The van der Waals surface area contributed by atoms with E-state index < -0.39 is 0 Å². The lowest BCUT2D eigenvalue weighted by atomic mass is 9.88. The average molecular weight is 418 g/mol. The number of carbonyl (C=O) groups is 2. The predicted molar refractivity (Wildman–Crippen MR) is 123 cm³/mol. The first-order valence-corrected chi connectivity index (χ1v) is 10.5. The van der Waals surface area contributed by atoms with Crippen LogP contribution in [0.1, 0.15) is 71.4 Å². The van der Waals surface area contributed by atoms with Crippen molar-refractivity contribution in [3.05, 3.63) is 64.7 Å². The molecule has 0 unspecified atom stereocenters. The van der Waals surface area contributed by atoms with Gasteiger partial charge in [0.15, 0.2) is 0 Å². The summed E-state index contributed by atoms with van der Waals surface area (Å²) >= 11 is 0. The summed E-state index contributed by atoms with van der Waals surface area (Å²) in [6.45, 7) is 8.30. The number of rotatable bonds is 5. The Kier molecular flexibility index (Phi) is 5.21. The highest BCUT2D eigenvalue weighted by Crippen LogP contribution is 2.44. The number of hydrogen-bond donors (Lipinski definition) is 0. The van der Waals surface area contributed by atoms with Gasteiger partial charge in [0.1, 0.15) is 11.5 Å². The highest BCUT2D eigenvalue weighted by molar-refractivity contribution is 6.37. The summed E-state index contributed by atoms with van der Waals surface area (Å²) in [5, 5.41) is 1.22. The van der Waals surface area contributed by atoms with Crippen LogP contribution < -0.4 is 14.4 Å². The quantitative estimate of drug-likeness (QED) is 0.485. The van der Waals surface area contributed by atoms with Gasteiger partial charge in [-0.25, -0.2) is 4.90 Å². The zero-order valence-corrected chi connectivity index (χ0v) is 18.8. The molecule has 0 radical (unpaired) electrons. The molecule has 5 nitrogen and oxygen atoms in total. The van der Waals surface area contributed by atoms with Crippen LogP contribution in [0, 0.1) is 0 Å². The Morgan fingerprint density at radius 3 is 1.52 bits per heavy atom. The van der Waals surface area contributed by atoms with Crippen LogP contribution in [0.15, 0.2) is 42.5 Å². The zero-order valence-electron chi connectivity index (χ0n) is 18.8. The predicted octanol–water partition coefficient (Wildman–Crippen LogP) is 5.90. The Labute approximate surface area is 182 Å². The van der Waals surface area contributed by atoms with Gasteiger partial charge in [0.05, 0.1) is 25.3 Å². The Morgan fingerprint density at radius 2 is 1.13 bits per heavy atom. The van der Waals surface area contributed by atoms with E-state index >= 15 is 0 Å². The molecule has 1 aliphatic heterocycles. The SMILES string of the molecule is COc1ccc2c3c(ccc(OC)c13)C(=O)N(c1c(C(C)C)cccc1C(C)C)C2=O. The number of anilines is 1. The number of amides is 2. The van der Waals surface area contributed by atoms with Crippen LogP contribution in [0.25, 0.3) is 10.8 Å². The lowest BCUT2D eigenvalue weighted by Gasteiger charge is -2.32. The van der Waals surface area contributed by atoms with E-state index in [0.717, 1.165) is 11.1 Å². The Bertz CT molecular complexity index is 1120. The fourth-order valence-electron chi connectivity index (χ4n) is 4.44. The summed E-state index contributed by atoms with van der Waals surface area (Å²) in [5.41, 5.74) is 3.60. The summed E-state index contributed by atoms with van der Waals surface area (Å²) in [4.78, 5) is 28.9. The lowest BCUT2D eigenvalue weighted by molar-refractivity contribution is 0.0893. The molecule has 0 fully saturated rings. The van der Waals surface area contributed by atoms with Crippen LogP contribution in [-0.4, -0.2) is 26.0 Å². The Hall–Kier alpha value is -3.34. The van der Waals surface area contributed by atoms with Crippen molar-refractivity contribution in [2.24, 2.45) is 0 Å². The van der Waals surface area contributed by atoms with Crippen LogP contribution in [-0.2, 0) is 0 Å². The van der Waals surface area contributed by atoms with Crippen molar-refractivity contribution in [3.63, 3.8) is 0 Å². The number of para-hydroxylation sites is 1. The van der Waals surface area contributed by atoms with E-state index in [1.54, 1.807) is 38.5 Å². The molecule has 0 atom stereocenters. The van der Waals surface area contributed by atoms with Gasteiger partial charge in [-0.15, -0.1) is 0 Å². The molecule has 31 heavy (non-hydrogen) atoms. The number of methoxy groups -OCH3 is 2. The van der Waals surface area contributed by atoms with E-state index in [9.17, 15) is 9.59 Å². The number of ether oxygens (including phenoxy) is 2. The van der Waals surface area contributed by atoms with Crippen molar-refractivity contribution < 1.29 is 19.1 Å². The summed E-state index contributed by atoms with van der Waals surface area (Å²) in [6, 6.07) is 13.0. The molecule has 3 aromatic rings. The fraction of sp³-hybridized carbons (Fsp3) is 0.308. The monoisotopic (exact) mass is 417 g/mol. The summed E-state index contributed by atoms with van der Waals surface area (Å²) in [5.74, 6) is 0.792. The highest BCUT2D eigenvalue weighted by Gasteiger charge is 2.38. The van der Waals surface area contributed by atoms with Crippen molar-refractivity contribution in [1.29, 1.82) is 0 Å². The number of benzene rings is 3. The van der Waals surface area contributed by atoms with E-state index in [-0.39, 0.29) is 23.7 Å². The second kappa shape index (κ2) is 7.73. The molecule has 0 saturated carbocycles. The van der Waals surface area contributed by atoms with Gasteiger partial charge in [0.2, 0.25) is 0 Å². The van der Waals surface area contributed by atoms with Gasteiger partial charge < -0.3 is 9.47 Å². The maximum absolute atomic E-state index is 13.8. The normalized spacial score (nSPS) is 13.5. The van der Waals surface area contributed by atoms with Crippen LogP contribution in [0.4, 0.5) is 5.69 Å². The fourth-order valence-corrected chi connectivity index (χ4v) is 4.44. The summed E-state index contributed by atoms with van der Waals surface area (Å²) in [7, 11) is 3.13. The van der Waals surface area contributed by atoms with Crippen LogP contribution in [0.5, 0.6) is 11.5 Å². The third-order valence-electron chi connectivity index (χ3n) is 5.96. The first-order chi connectivity index (χ1) is 14.8. The zero-order chi connectivity index (χ0) is 22.4. The number of hydrogen-bond acceptors (Lipinski definition) is 4. The summed E-state index contributed by atoms with van der Waals surface area (Å²) < 4.78 is 11.0. The van der Waals surface area contributed by atoms with Crippen molar-refractivity contribution in [2.75, 3.05) is 19.1 Å². The summed E-state index contributed by atoms with van der Waals surface area (Å²) in [6.07, 6.45) is 0. The van der Waals surface area contributed by atoms with E-state index in [4.69, 9.17) is 9.47 Å². The van der Waals surface area contributed by atoms with Crippen molar-refractivity contribution in [2.45, 2.75) is 39.5 Å². The number of carbonyl (C=O) groups excluding carboxylic acids is 2. The number of nitrogens with zero attached hydrogens (tertiary/aromatic N) is 1. The second-order valence-corrected chi connectivity index (χ2v) is 8.42. The van der Waals surface area contributed by atoms with E-state index in [1.807, 2.05) is 18.2 Å². The molecule has 2 amide bonds. The van der Waals surface area contributed by atoms with E-state index in [2.05, 4.69) is 27.7 Å². The molecule has 0 spiro atoms. The van der Waals surface area contributed by atoms with Gasteiger partial charge in [-0.05, 0) is 47.2 Å². The molecule has 4 rings (SSSR count). The van der Waals surface area contributed by atoms with E-state index in [0.29, 0.717) is 39.1 Å². The molecule has 5 heteroatoms. The van der Waals surface area contributed by atoms with Crippen molar-refractivity contribution in [1.82, 2.24) is 0 Å². The third kappa shape index (κ3) is 3.07. The first-order valence-electron chi connectivity index (χ1n) is 10.5. The van der Waals surface area contributed by atoms with Crippen molar-refractivity contribution in [3.8, 4) is 11.5 Å². The average Bonchev–Trinajstić information content (AvgIpc) is 2.76. The molecular formula is C26H27NO4. The second-order valence-electron chi connectivity index (χ2n) is 8.42. The smallest absolute Gasteiger partial charge is 0.266 e. The minimum Gasteiger partial charge on any atom is -0.496 e. The molecule has 0 saturated heterocycles. The topological polar surface area (TPSA) is 55.8 Å². The molecule has 1 heterocycles. The molecule has 0 bridgehead atoms. The van der Waals surface area contributed by atoms with Gasteiger partial charge in [0, 0.05) is 16.5 Å². The molecule has 3 aromatic carbocycles. The molecule has 0 aliphatic carbocycles. The van der Waals surface area contributed by atoms with E-state index in [1.165, 1.54) is 4.90 Å². The minimum atomic E-state index is -0.326. The maximum Gasteiger partial charge on any atom is 0.266 e. The maximum atomic E-state index is 13.8. The first kappa shape index (κ1) is 20.9.